The molecule has 0 radical (unpaired) electrons. The number of likely N-dealkylation sites (tertiary alicyclic amines) is 1. The van der Waals surface area contributed by atoms with E-state index >= 15 is 4.39 Å². The Morgan fingerprint density at radius 1 is 0.868 bits per heavy atom. The topological polar surface area (TPSA) is 156 Å². The number of carbonyl (C=O) groups is 3. The molecule has 5 fully saturated rings. The predicted octanol–water partition coefficient (Wildman–Crippen LogP) is 6.30. The molecule has 68 heavy (non-hydrogen) atoms. The van der Waals surface area contributed by atoms with E-state index in [4.69, 9.17) is 16.1 Å². The van der Waals surface area contributed by atoms with Crippen molar-refractivity contribution in [1.82, 2.24) is 35.4 Å². The van der Waals surface area contributed by atoms with Crippen LogP contribution in [0.3, 0.4) is 0 Å². The molecule has 8 heterocycles. The molecule has 6 aliphatic rings. The van der Waals surface area contributed by atoms with Gasteiger partial charge in [-0.15, -0.1) is 6.42 Å². The maximum absolute atomic E-state index is 17.0. The molecule has 0 saturated carbocycles. The maximum Gasteiger partial charge on any atom is 0.319 e. The lowest BCUT2D eigenvalue weighted by Crippen LogP contribution is -2.52. The number of carbonyl (C=O) groups excluding carboxylic acids is 3. The number of aromatic hydroxyl groups is 1. The van der Waals surface area contributed by atoms with Gasteiger partial charge in [-0.1, -0.05) is 30.9 Å². The highest BCUT2D eigenvalue weighted by atomic mass is 19.1. The highest BCUT2D eigenvalue weighted by Gasteiger charge is 2.41. The number of terminal acetylenes is 1. The van der Waals surface area contributed by atoms with Crippen LogP contribution in [0, 0.1) is 35.8 Å². The van der Waals surface area contributed by atoms with Gasteiger partial charge in [0.15, 0.2) is 5.82 Å². The van der Waals surface area contributed by atoms with Gasteiger partial charge in [-0.25, -0.2) is 8.78 Å². The highest BCUT2D eigenvalue weighted by Crippen LogP contribution is 2.41. The summed E-state index contributed by atoms with van der Waals surface area (Å²) < 4.78 is 38.2. The molecule has 6 aliphatic heterocycles. The van der Waals surface area contributed by atoms with Crippen molar-refractivity contribution in [3.8, 4) is 35.4 Å². The number of hydrogen-bond acceptors (Lipinski definition) is 12. The number of aromatic nitrogens is 3. The van der Waals surface area contributed by atoms with E-state index in [-0.39, 0.29) is 63.6 Å². The number of amides is 3. The highest BCUT2D eigenvalue weighted by molar-refractivity contribution is 6.06. The second-order valence-electron chi connectivity index (χ2n) is 19.6. The molecule has 14 nitrogen and oxygen atoms in total. The fourth-order valence-electron chi connectivity index (χ4n) is 11.8. The van der Waals surface area contributed by atoms with Crippen molar-refractivity contribution >= 4 is 50.9 Å². The molecule has 2 bridgehead atoms. The zero-order valence-electron chi connectivity index (χ0n) is 38.0. The monoisotopic (exact) mass is 923 g/mol. The maximum atomic E-state index is 17.0. The summed E-state index contributed by atoms with van der Waals surface area (Å²) in [6.45, 7) is 6.60. The number of anilines is 2. The molecule has 0 spiro atoms. The summed E-state index contributed by atoms with van der Waals surface area (Å²) in [5, 5.41) is 17.9. The smallest absolute Gasteiger partial charge is 0.319 e. The van der Waals surface area contributed by atoms with Gasteiger partial charge < -0.3 is 29.9 Å². The van der Waals surface area contributed by atoms with E-state index in [1.165, 1.54) is 37.1 Å². The van der Waals surface area contributed by atoms with Gasteiger partial charge in [0.2, 0.25) is 11.8 Å². The van der Waals surface area contributed by atoms with Crippen LogP contribution in [0.2, 0.25) is 0 Å². The molecule has 3 aromatic carbocycles. The Morgan fingerprint density at radius 2 is 1.62 bits per heavy atom. The molecule has 16 heteroatoms. The van der Waals surface area contributed by atoms with Crippen LogP contribution >= 0.6 is 0 Å². The fourth-order valence-corrected chi connectivity index (χ4v) is 11.8. The number of nitrogens with one attached hydrogen (secondary N) is 2. The fraction of sp³-hybridized carbons (Fsp3) is 0.462. The average molecular weight is 924 g/mol. The number of imide groups is 1. The van der Waals surface area contributed by atoms with Gasteiger partial charge in [0.25, 0.3) is 5.91 Å². The minimum Gasteiger partial charge on any atom is -0.508 e. The summed E-state index contributed by atoms with van der Waals surface area (Å²) in [6, 6.07) is 11.5. The average Bonchev–Trinajstić information content (AvgIpc) is 3.87. The number of rotatable bonds is 11. The van der Waals surface area contributed by atoms with Crippen LogP contribution in [0.5, 0.6) is 11.8 Å². The summed E-state index contributed by atoms with van der Waals surface area (Å²) in [4.78, 5) is 60.4. The Bertz CT molecular complexity index is 2860. The van der Waals surface area contributed by atoms with Gasteiger partial charge >= 0.3 is 6.01 Å². The predicted molar refractivity (Wildman–Crippen MR) is 253 cm³/mol. The SMILES string of the molecule is C#Cc1c(F)ccc2cc(O)cc(-c3ncc4c(N5CC6CCC(C5)N6)nc(OCCN5CCC(CCC6CCN(c7cccc8c7CN(C7CCC(=O)NC7=O)C8=O)CC6)CC5)nc4c3F)c12. The van der Waals surface area contributed by atoms with Gasteiger partial charge in [0.05, 0.1) is 10.9 Å². The summed E-state index contributed by atoms with van der Waals surface area (Å²) in [5.41, 5.74) is 2.76. The largest absolute Gasteiger partial charge is 0.508 e. The zero-order chi connectivity index (χ0) is 46.6. The number of fused-ring (bicyclic) bond motifs is 5. The van der Waals surface area contributed by atoms with Crippen LogP contribution in [0.4, 0.5) is 20.3 Å². The molecule has 352 valence electrons. The lowest BCUT2D eigenvalue weighted by Gasteiger charge is -2.36. The molecule has 5 saturated heterocycles. The van der Waals surface area contributed by atoms with Crippen LogP contribution in [0.15, 0.2) is 48.7 Å². The van der Waals surface area contributed by atoms with Crippen LogP contribution in [-0.4, -0.2) is 118 Å². The lowest BCUT2D eigenvalue weighted by atomic mass is 9.85. The van der Waals surface area contributed by atoms with Gasteiger partial charge in [-0.3, -0.25) is 29.6 Å². The van der Waals surface area contributed by atoms with Crippen LogP contribution in [0.1, 0.15) is 85.7 Å². The molecular weight excluding hydrogens is 869 g/mol. The Balaban J connectivity index is 0.708. The summed E-state index contributed by atoms with van der Waals surface area (Å²) in [6.07, 6.45) is 16.8. The number of nitrogens with zero attached hydrogens (tertiary/aromatic N) is 7. The molecular formula is C52H55F2N9O5. The first kappa shape index (κ1) is 44.1. The Hall–Kier alpha value is -6.44. The summed E-state index contributed by atoms with van der Waals surface area (Å²) >= 11 is 0. The van der Waals surface area contributed by atoms with Crippen molar-refractivity contribution in [1.29, 1.82) is 0 Å². The first-order valence-corrected chi connectivity index (χ1v) is 24.2. The number of benzene rings is 3. The van der Waals surface area contributed by atoms with E-state index in [1.807, 2.05) is 12.1 Å². The minimum absolute atomic E-state index is 0.0287. The molecule has 3 unspecified atom stereocenters. The number of ether oxygens (including phenoxy) is 1. The molecule has 11 rings (SSSR count). The van der Waals surface area contributed by atoms with Gasteiger partial charge in [0, 0.05) is 91.7 Å². The standard InChI is InChI=1S/C52H55F2N9O5/c1-2-36-41(53)11-8-32-24-35(64)25-38(45(32)36)47-46(54)48-39(26-55-47)49(62-27-33-9-10-34(28-62)56-33)59-52(58-48)68-23-22-60-18-14-30(15-19-60)6-7-31-16-20-61(21-17-31)42-5-3-4-37-40(42)29-63(51(37)67)43-12-13-44(65)57-50(43)66/h1,3-5,8,11,24-26,30-31,33-34,43,56,64H,6-7,9-10,12-23,27-29H2,(H,57,65,66). The number of piperazine rings is 1. The quantitative estimate of drug-likeness (QED) is 0.101. The number of hydrogen-bond donors (Lipinski definition) is 3. The Morgan fingerprint density at radius 3 is 2.35 bits per heavy atom. The van der Waals surface area contributed by atoms with E-state index in [0.29, 0.717) is 85.3 Å². The van der Waals surface area contributed by atoms with Crippen LogP contribution in [-0.2, 0) is 16.1 Å². The number of phenolic OH excluding ortho intramolecular Hbond substituents is 1. The minimum atomic E-state index is -0.738. The third-order valence-electron chi connectivity index (χ3n) is 15.5. The Labute approximate surface area is 393 Å². The first-order chi connectivity index (χ1) is 33.1. The Kier molecular flexibility index (Phi) is 11.8. The normalized spacial score (nSPS) is 22.6. The van der Waals surface area contributed by atoms with E-state index < -0.39 is 17.7 Å². The van der Waals surface area contributed by atoms with Crippen molar-refractivity contribution in [3.63, 3.8) is 0 Å². The molecule has 3 amide bonds. The van der Waals surface area contributed by atoms with Crippen molar-refractivity contribution in [2.75, 3.05) is 62.2 Å². The van der Waals surface area contributed by atoms with Crippen LogP contribution < -0.4 is 25.2 Å². The number of pyridine rings is 1. The third kappa shape index (κ3) is 8.33. The van der Waals surface area contributed by atoms with E-state index in [0.717, 1.165) is 76.0 Å². The molecule has 0 aliphatic carbocycles. The van der Waals surface area contributed by atoms with Crippen molar-refractivity contribution in [2.45, 2.75) is 88.9 Å². The molecule has 2 aromatic heterocycles. The third-order valence-corrected chi connectivity index (χ3v) is 15.5. The number of halogens is 2. The lowest BCUT2D eigenvalue weighted by molar-refractivity contribution is -0.136. The van der Waals surface area contributed by atoms with Crippen LogP contribution in [0.25, 0.3) is 32.9 Å². The molecule has 3 atom stereocenters. The van der Waals surface area contributed by atoms with E-state index in [1.54, 1.807) is 11.1 Å². The summed E-state index contributed by atoms with van der Waals surface area (Å²) in [5.74, 6) is 1.96. The van der Waals surface area contributed by atoms with Crippen molar-refractivity contribution in [2.24, 2.45) is 11.8 Å². The number of piperidine rings is 3. The second kappa shape index (κ2) is 18.2. The van der Waals surface area contributed by atoms with Crippen molar-refractivity contribution < 1.29 is 33.0 Å². The summed E-state index contributed by atoms with van der Waals surface area (Å²) in [7, 11) is 0. The zero-order valence-corrected chi connectivity index (χ0v) is 38.0. The second-order valence-corrected chi connectivity index (χ2v) is 19.6. The van der Waals surface area contributed by atoms with Gasteiger partial charge in [-0.2, -0.15) is 9.97 Å². The van der Waals surface area contributed by atoms with Gasteiger partial charge in [-0.05, 0) is 106 Å². The van der Waals surface area contributed by atoms with E-state index in [9.17, 15) is 23.9 Å². The molecule has 5 aromatic rings. The van der Waals surface area contributed by atoms with Crippen molar-refractivity contribution in [3.05, 3.63) is 77.0 Å². The molecule has 3 N–H and O–H groups in total. The van der Waals surface area contributed by atoms with Gasteiger partial charge in [0.1, 0.15) is 41.2 Å². The number of phenols is 1. The first-order valence-electron chi connectivity index (χ1n) is 24.2. The van der Waals surface area contributed by atoms with E-state index in [2.05, 4.69) is 47.3 Å².